The fourth-order valence-electron chi connectivity index (χ4n) is 5.69. The number of benzene rings is 3. The third kappa shape index (κ3) is 7.14. The third-order valence-electron chi connectivity index (χ3n) is 8.01. The smallest absolute Gasteiger partial charge is 0.247 e. The van der Waals surface area contributed by atoms with E-state index in [0.717, 1.165) is 36.8 Å². The van der Waals surface area contributed by atoms with E-state index in [-0.39, 0.29) is 23.7 Å². The van der Waals surface area contributed by atoms with Crippen LogP contribution in [0.4, 0.5) is 5.69 Å². The maximum Gasteiger partial charge on any atom is 0.247 e. The molecule has 1 aliphatic carbocycles. The van der Waals surface area contributed by atoms with Crippen molar-refractivity contribution in [3.05, 3.63) is 82.0 Å². The van der Waals surface area contributed by atoms with Crippen molar-refractivity contribution in [2.45, 2.75) is 76.9 Å². The molecule has 230 valence electrons. The lowest BCUT2D eigenvalue weighted by atomic mass is 10.0. The van der Waals surface area contributed by atoms with Gasteiger partial charge in [0, 0.05) is 30.8 Å². The second-order valence-corrected chi connectivity index (χ2v) is 11.5. The summed E-state index contributed by atoms with van der Waals surface area (Å²) in [6.45, 7) is 4.09. The Hall–Kier alpha value is -4.57. The fraction of sp³-hybridized carbons (Fsp3) is 0.382. The van der Waals surface area contributed by atoms with Gasteiger partial charge in [-0.25, -0.2) is 4.98 Å². The van der Waals surface area contributed by atoms with Crippen LogP contribution in [0.25, 0.3) is 22.6 Å². The van der Waals surface area contributed by atoms with Gasteiger partial charge in [0.1, 0.15) is 23.3 Å². The van der Waals surface area contributed by atoms with E-state index >= 15 is 0 Å². The Morgan fingerprint density at radius 1 is 1.09 bits per heavy atom. The zero-order valence-corrected chi connectivity index (χ0v) is 25.2. The number of hydrogen-bond acceptors (Lipinski definition) is 7. The number of amides is 3. The predicted molar refractivity (Wildman–Crippen MR) is 169 cm³/mol. The number of fused-ring (bicyclic) bond motifs is 2. The van der Waals surface area contributed by atoms with Gasteiger partial charge in [-0.2, -0.15) is 0 Å². The molecule has 44 heavy (non-hydrogen) atoms. The minimum absolute atomic E-state index is 0.132. The average Bonchev–Trinajstić information content (AvgIpc) is 3.50. The van der Waals surface area contributed by atoms with Crippen LogP contribution in [0.2, 0.25) is 0 Å². The molecule has 2 aliphatic heterocycles. The highest BCUT2D eigenvalue weighted by atomic mass is 16.3. The molecule has 4 N–H and O–H groups in total. The predicted octanol–water partition coefficient (Wildman–Crippen LogP) is 4.03. The Morgan fingerprint density at radius 3 is 2.64 bits per heavy atom. The van der Waals surface area contributed by atoms with Crippen LogP contribution in [0, 0.1) is 0 Å². The van der Waals surface area contributed by atoms with Crippen molar-refractivity contribution >= 4 is 34.5 Å². The Bertz CT molecular complexity index is 1670. The number of carbonyl (C=O) groups is 3. The maximum absolute atomic E-state index is 13.8. The Kier molecular flexibility index (Phi) is 9.69. The summed E-state index contributed by atoms with van der Waals surface area (Å²) in [5.41, 5.74) is 9.60. The van der Waals surface area contributed by atoms with Crippen molar-refractivity contribution in [2.75, 3.05) is 11.9 Å². The first-order valence-electron chi connectivity index (χ1n) is 15.3. The van der Waals surface area contributed by atoms with Gasteiger partial charge in [-0.05, 0) is 61.9 Å². The number of unbranched alkanes of at least 4 members (excludes halogenated alkanes) is 2. The summed E-state index contributed by atoms with van der Waals surface area (Å²) in [6, 6.07) is 15.3. The molecular formula is C34H39N5O5. The van der Waals surface area contributed by atoms with Gasteiger partial charge in [-0.1, -0.05) is 50.1 Å². The van der Waals surface area contributed by atoms with E-state index in [0.29, 0.717) is 47.6 Å². The van der Waals surface area contributed by atoms with Crippen LogP contribution in [0.15, 0.2) is 69.9 Å². The molecule has 2 aromatic rings. The van der Waals surface area contributed by atoms with Crippen LogP contribution in [-0.4, -0.2) is 52.3 Å². The van der Waals surface area contributed by atoms with Crippen LogP contribution in [0.5, 0.6) is 0 Å². The average molecular weight is 598 g/mol. The molecule has 0 radical (unpaired) electrons. The Labute approximate surface area is 256 Å². The quantitative estimate of drug-likeness (QED) is 0.175. The molecule has 1 saturated heterocycles. The van der Waals surface area contributed by atoms with E-state index < -0.39 is 24.0 Å². The summed E-state index contributed by atoms with van der Waals surface area (Å²) in [7, 11) is 0. The highest BCUT2D eigenvalue weighted by Crippen LogP contribution is 2.30. The number of aryl methyl sites for hydroxylation is 1. The number of likely N-dealkylation sites (tertiary alicyclic amines) is 1. The fourth-order valence-corrected chi connectivity index (χ4v) is 5.69. The standard InChI is InChI=1S/C34H39N5O5/c1-3-4-6-12-23-18-25(40)20-30-31(23)37-26-15-14-24(19-29(26)44-30)36-33(42)28-13-9-16-39(28)34(43)27(38-32(41)21(2)35)17-22-10-7-5-8-11-22/h5,7-8,10-11,14-15,18-21,27-28H,3-4,6,9,12-13,16-17,35H2,1-2H3,(H,36,42)(H,38,41)/t21-,27-,28-/m0/s1. The molecule has 0 aromatic heterocycles. The van der Waals surface area contributed by atoms with Gasteiger partial charge >= 0.3 is 0 Å². The summed E-state index contributed by atoms with van der Waals surface area (Å²) in [5, 5.41) is 5.70. The first-order valence-corrected chi connectivity index (χ1v) is 15.3. The molecule has 10 nitrogen and oxygen atoms in total. The minimum Gasteiger partial charge on any atom is -0.453 e. The number of aromatic nitrogens is 1. The van der Waals surface area contributed by atoms with Crippen LogP contribution >= 0.6 is 0 Å². The van der Waals surface area contributed by atoms with Crippen molar-refractivity contribution in [1.82, 2.24) is 15.2 Å². The van der Waals surface area contributed by atoms with Crippen molar-refractivity contribution in [2.24, 2.45) is 5.73 Å². The number of hydrogen-bond donors (Lipinski definition) is 3. The van der Waals surface area contributed by atoms with E-state index in [2.05, 4.69) is 17.6 Å². The molecular weight excluding hydrogens is 558 g/mol. The van der Waals surface area contributed by atoms with Crippen LogP contribution in [0.1, 0.15) is 57.1 Å². The monoisotopic (exact) mass is 597 g/mol. The molecule has 10 heteroatoms. The molecule has 0 unspecified atom stereocenters. The zero-order valence-electron chi connectivity index (χ0n) is 25.2. The lowest BCUT2D eigenvalue weighted by Gasteiger charge is -2.29. The van der Waals surface area contributed by atoms with E-state index in [1.54, 1.807) is 36.1 Å². The molecule has 0 bridgehead atoms. The SMILES string of the molecule is CCCCCc1cc(=O)cc2oc3cc(NC(=O)[C@@H]4CCCN4C(=O)[C@H](Cc4ccccc4)NC(=O)[C@H](C)N)ccc3nc1-2. The Balaban J connectivity index is 1.34. The molecule has 5 rings (SSSR count). The van der Waals surface area contributed by atoms with Crippen LogP contribution < -0.4 is 21.8 Å². The lowest BCUT2D eigenvalue weighted by molar-refractivity contribution is -0.140. The minimum atomic E-state index is -0.860. The largest absolute Gasteiger partial charge is 0.453 e. The molecule has 2 aromatic carbocycles. The van der Waals surface area contributed by atoms with E-state index in [1.807, 2.05) is 30.3 Å². The second kappa shape index (κ2) is 13.8. The van der Waals surface area contributed by atoms with Crippen LogP contribution in [-0.2, 0) is 27.2 Å². The number of anilines is 1. The van der Waals surface area contributed by atoms with E-state index in [4.69, 9.17) is 15.1 Å². The topological polar surface area (TPSA) is 148 Å². The maximum atomic E-state index is 13.8. The molecule has 2 heterocycles. The summed E-state index contributed by atoms with van der Waals surface area (Å²) in [5.74, 6) is -0.683. The molecule has 0 spiro atoms. The van der Waals surface area contributed by atoms with Gasteiger partial charge < -0.3 is 25.7 Å². The lowest BCUT2D eigenvalue weighted by Crippen LogP contribution is -2.55. The second-order valence-electron chi connectivity index (χ2n) is 11.5. The number of nitrogens with one attached hydrogen (secondary N) is 2. The van der Waals surface area contributed by atoms with Gasteiger partial charge in [0.2, 0.25) is 17.7 Å². The van der Waals surface area contributed by atoms with Crippen molar-refractivity contribution in [3.8, 4) is 11.5 Å². The number of nitrogens with two attached hydrogens (primary N) is 1. The van der Waals surface area contributed by atoms with Gasteiger partial charge in [0.25, 0.3) is 0 Å². The normalized spacial score (nSPS) is 16.2. The molecule has 3 aliphatic rings. The number of nitrogens with zero attached hydrogens (tertiary/aromatic N) is 2. The van der Waals surface area contributed by atoms with E-state index in [9.17, 15) is 19.2 Å². The number of carbonyl (C=O) groups excluding carboxylic acids is 3. The summed E-state index contributed by atoms with van der Waals surface area (Å²) in [6.07, 6.45) is 5.29. The van der Waals surface area contributed by atoms with Gasteiger partial charge in [-0.3, -0.25) is 19.2 Å². The van der Waals surface area contributed by atoms with Gasteiger partial charge in [0.05, 0.1) is 6.04 Å². The number of rotatable bonds is 11. The first kappa shape index (κ1) is 30.9. The van der Waals surface area contributed by atoms with Crippen molar-refractivity contribution in [3.63, 3.8) is 0 Å². The summed E-state index contributed by atoms with van der Waals surface area (Å²) >= 11 is 0. The summed E-state index contributed by atoms with van der Waals surface area (Å²) in [4.78, 5) is 58.4. The molecule has 3 atom stereocenters. The molecule has 1 fully saturated rings. The van der Waals surface area contributed by atoms with E-state index in [1.165, 1.54) is 6.07 Å². The van der Waals surface area contributed by atoms with Crippen LogP contribution in [0.3, 0.4) is 0 Å². The van der Waals surface area contributed by atoms with Crippen molar-refractivity contribution < 1.29 is 18.8 Å². The van der Waals surface area contributed by atoms with Gasteiger partial charge in [-0.15, -0.1) is 0 Å². The van der Waals surface area contributed by atoms with Gasteiger partial charge in [0.15, 0.2) is 16.8 Å². The molecule has 3 amide bonds. The van der Waals surface area contributed by atoms with Crippen molar-refractivity contribution in [1.29, 1.82) is 0 Å². The first-order chi connectivity index (χ1) is 21.2. The highest BCUT2D eigenvalue weighted by Gasteiger charge is 2.38. The zero-order chi connectivity index (χ0) is 31.2. The highest BCUT2D eigenvalue weighted by molar-refractivity contribution is 6.00. The third-order valence-corrected chi connectivity index (χ3v) is 8.01. The molecule has 0 saturated carbocycles. The summed E-state index contributed by atoms with van der Waals surface area (Å²) < 4.78 is 6.10. The Morgan fingerprint density at radius 2 is 1.89 bits per heavy atom.